The highest BCUT2D eigenvalue weighted by molar-refractivity contribution is 5.86. The number of carbonyl (C=O) groups excluding carboxylic acids is 4. The van der Waals surface area contributed by atoms with Crippen LogP contribution in [0.5, 0.6) is 0 Å². The summed E-state index contributed by atoms with van der Waals surface area (Å²) >= 11 is 0. The monoisotopic (exact) mass is 401 g/mol. The summed E-state index contributed by atoms with van der Waals surface area (Å²) < 4.78 is 19.5. The molecule has 0 heterocycles. The van der Waals surface area contributed by atoms with Crippen molar-refractivity contribution in [3.8, 4) is 0 Å². The number of likely N-dealkylation sites (N-methyl/N-ethyl adjacent to an activating group) is 1. The molecule has 0 aliphatic carbocycles. The molecule has 0 aliphatic heterocycles. The van der Waals surface area contributed by atoms with E-state index in [1.54, 1.807) is 0 Å². The highest BCUT2D eigenvalue weighted by Crippen LogP contribution is 1.99. The lowest BCUT2D eigenvalue weighted by Crippen LogP contribution is -2.28. The fourth-order valence-electron chi connectivity index (χ4n) is 1.91. The first kappa shape index (κ1) is 25.6. The summed E-state index contributed by atoms with van der Waals surface area (Å²) in [7, 11) is 0. The van der Waals surface area contributed by atoms with Gasteiger partial charge in [-0.1, -0.05) is 20.4 Å². The van der Waals surface area contributed by atoms with E-state index < -0.39 is 23.9 Å². The van der Waals surface area contributed by atoms with Crippen LogP contribution < -0.4 is 0 Å². The molecule has 9 heteroatoms. The van der Waals surface area contributed by atoms with E-state index in [1.165, 1.54) is 6.92 Å². The zero-order chi connectivity index (χ0) is 21.4. The summed E-state index contributed by atoms with van der Waals surface area (Å²) in [4.78, 5) is 47.8. The number of rotatable bonds is 15. The lowest BCUT2D eigenvalue weighted by atomic mass is 10.3. The molecule has 0 aromatic rings. The lowest BCUT2D eigenvalue weighted by Gasteiger charge is -2.17. The van der Waals surface area contributed by atoms with Crippen LogP contribution in [0.2, 0.25) is 0 Å². The Hall–Kier alpha value is -2.42. The van der Waals surface area contributed by atoms with Crippen molar-refractivity contribution in [3.05, 3.63) is 12.2 Å². The summed E-state index contributed by atoms with van der Waals surface area (Å²) in [6.45, 7) is 11.4. The molecule has 0 N–H and O–H groups in total. The highest BCUT2D eigenvalue weighted by atomic mass is 16.6. The molecule has 0 aliphatic rings. The summed E-state index contributed by atoms with van der Waals surface area (Å²) in [5, 5.41) is 0. The smallest absolute Gasteiger partial charge is 0.333 e. The first-order valence-corrected chi connectivity index (χ1v) is 9.31. The van der Waals surface area contributed by atoms with Crippen LogP contribution >= 0.6 is 0 Å². The van der Waals surface area contributed by atoms with E-state index in [2.05, 4.69) is 11.5 Å². The van der Waals surface area contributed by atoms with Gasteiger partial charge < -0.3 is 23.8 Å². The molecule has 0 spiro atoms. The molecule has 0 atom stereocenters. The fraction of sp³-hybridized carbons (Fsp3) is 0.684. The molecule has 0 unspecified atom stereocenters. The van der Waals surface area contributed by atoms with Crippen molar-refractivity contribution in [1.82, 2.24) is 4.90 Å². The van der Waals surface area contributed by atoms with Crippen LogP contribution in [-0.4, -0.2) is 74.8 Å². The molecule has 9 nitrogen and oxygen atoms in total. The van der Waals surface area contributed by atoms with Gasteiger partial charge in [-0.2, -0.15) is 0 Å². The maximum Gasteiger partial charge on any atom is 0.333 e. The number of nitrogens with zero attached hydrogens (tertiary/aromatic N) is 1. The summed E-state index contributed by atoms with van der Waals surface area (Å²) in [5.41, 5.74) is 0.252. The zero-order valence-electron chi connectivity index (χ0n) is 17.0. The first-order chi connectivity index (χ1) is 13.3. The Labute approximate surface area is 165 Å². The molecule has 160 valence electrons. The van der Waals surface area contributed by atoms with Gasteiger partial charge in [0.1, 0.15) is 26.4 Å². The van der Waals surface area contributed by atoms with Gasteiger partial charge in [0.2, 0.25) is 0 Å². The van der Waals surface area contributed by atoms with E-state index in [0.717, 1.165) is 13.1 Å². The minimum absolute atomic E-state index is 0.0392. The van der Waals surface area contributed by atoms with Crippen molar-refractivity contribution < 1.29 is 38.1 Å². The van der Waals surface area contributed by atoms with Crippen molar-refractivity contribution in [2.24, 2.45) is 0 Å². The van der Waals surface area contributed by atoms with Crippen LogP contribution in [0.4, 0.5) is 0 Å². The van der Waals surface area contributed by atoms with Crippen molar-refractivity contribution in [1.29, 1.82) is 0 Å². The van der Waals surface area contributed by atoms with Gasteiger partial charge in [-0.3, -0.25) is 14.4 Å². The van der Waals surface area contributed by atoms with Gasteiger partial charge in [-0.25, -0.2) is 4.79 Å². The fourth-order valence-corrected chi connectivity index (χ4v) is 1.91. The molecule has 0 radical (unpaired) electrons. The van der Waals surface area contributed by atoms with Crippen LogP contribution in [0.1, 0.15) is 40.0 Å². The largest absolute Gasteiger partial charge is 0.465 e. The van der Waals surface area contributed by atoms with E-state index >= 15 is 0 Å². The quantitative estimate of drug-likeness (QED) is 0.173. The Morgan fingerprint density at radius 3 is 1.71 bits per heavy atom. The maximum absolute atomic E-state index is 11.5. The Bertz CT molecular complexity index is 528. The van der Waals surface area contributed by atoms with E-state index in [-0.39, 0.29) is 44.7 Å². The molecule has 28 heavy (non-hydrogen) atoms. The van der Waals surface area contributed by atoms with Gasteiger partial charge in [0, 0.05) is 12.1 Å². The Kier molecular flexibility index (Phi) is 14.3. The van der Waals surface area contributed by atoms with Crippen LogP contribution in [0.15, 0.2) is 12.2 Å². The second kappa shape index (κ2) is 15.6. The van der Waals surface area contributed by atoms with Crippen molar-refractivity contribution in [2.75, 3.05) is 46.1 Å². The predicted molar refractivity (Wildman–Crippen MR) is 100 cm³/mol. The molecule has 0 amide bonds. The zero-order valence-corrected chi connectivity index (χ0v) is 17.0. The van der Waals surface area contributed by atoms with Crippen LogP contribution in [0.3, 0.4) is 0 Å². The van der Waals surface area contributed by atoms with Crippen molar-refractivity contribution in [3.63, 3.8) is 0 Å². The molecule has 0 aromatic heterocycles. The SMILES string of the molecule is C=C(C)C(=O)OCCOC(=O)CCC(=O)OCCC(=O)OCCN(CC)CC. The molecule has 0 fully saturated rings. The molecular weight excluding hydrogens is 370 g/mol. The van der Waals surface area contributed by atoms with Crippen LogP contribution in [0.25, 0.3) is 0 Å². The summed E-state index contributed by atoms with van der Waals surface area (Å²) in [6.07, 6.45) is -0.370. The van der Waals surface area contributed by atoms with E-state index in [1.807, 2.05) is 13.8 Å². The van der Waals surface area contributed by atoms with E-state index in [9.17, 15) is 19.2 Å². The Balaban J connectivity index is 3.70. The highest BCUT2D eigenvalue weighted by Gasteiger charge is 2.11. The summed E-state index contributed by atoms with van der Waals surface area (Å²) in [6, 6.07) is 0. The Morgan fingerprint density at radius 2 is 1.18 bits per heavy atom. The number of hydrogen-bond donors (Lipinski definition) is 0. The van der Waals surface area contributed by atoms with E-state index in [4.69, 9.17) is 18.9 Å². The maximum atomic E-state index is 11.5. The lowest BCUT2D eigenvalue weighted by molar-refractivity contribution is -0.154. The third-order valence-corrected chi connectivity index (χ3v) is 3.60. The minimum Gasteiger partial charge on any atom is -0.465 e. The van der Waals surface area contributed by atoms with Gasteiger partial charge in [0.15, 0.2) is 0 Å². The number of carbonyl (C=O) groups is 4. The second-order valence-corrected chi connectivity index (χ2v) is 5.85. The molecule has 0 bridgehead atoms. The van der Waals surface area contributed by atoms with Gasteiger partial charge in [-0.05, 0) is 20.0 Å². The molecule has 0 saturated carbocycles. The molecular formula is C19H31NO8. The first-order valence-electron chi connectivity index (χ1n) is 9.31. The number of esters is 4. The van der Waals surface area contributed by atoms with Gasteiger partial charge in [0.05, 0.1) is 19.3 Å². The molecule has 0 aromatic carbocycles. The number of hydrogen-bond acceptors (Lipinski definition) is 9. The van der Waals surface area contributed by atoms with Gasteiger partial charge in [-0.15, -0.1) is 0 Å². The molecule has 0 rings (SSSR count). The second-order valence-electron chi connectivity index (χ2n) is 5.85. The minimum atomic E-state index is -0.612. The van der Waals surface area contributed by atoms with Crippen LogP contribution in [-0.2, 0) is 38.1 Å². The summed E-state index contributed by atoms with van der Waals surface area (Å²) in [5.74, 6) is -2.23. The average Bonchev–Trinajstić information content (AvgIpc) is 2.66. The average molecular weight is 401 g/mol. The van der Waals surface area contributed by atoms with E-state index in [0.29, 0.717) is 13.2 Å². The van der Waals surface area contributed by atoms with Gasteiger partial charge in [0.25, 0.3) is 0 Å². The van der Waals surface area contributed by atoms with Crippen molar-refractivity contribution in [2.45, 2.75) is 40.0 Å². The predicted octanol–water partition coefficient (Wildman–Crippen LogP) is 1.25. The molecule has 0 saturated heterocycles. The standard InChI is InChI=1S/C19H31NO8/c1-5-20(6-2)10-12-26-18(23)9-11-25-16(21)7-8-17(22)27-13-14-28-19(24)15(3)4/h3,5-14H2,1-2,4H3. The van der Waals surface area contributed by atoms with Gasteiger partial charge >= 0.3 is 23.9 Å². The third kappa shape index (κ3) is 13.7. The normalized spacial score (nSPS) is 10.3. The topological polar surface area (TPSA) is 108 Å². The number of ether oxygens (including phenoxy) is 4. The van der Waals surface area contributed by atoms with Crippen LogP contribution in [0, 0.1) is 0 Å². The third-order valence-electron chi connectivity index (χ3n) is 3.60. The Morgan fingerprint density at radius 1 is 0.714 bits per heavy atom. The van der Waals surface area contributed by atoms with Crippen molar-refractivity contribution >= 4 is 23.9 Å².